The van der Waals surface area contributed by atoms with Crippen LogP contribution in [0, 0.1) is 0 Å². The van der Waals surface area contributed by atoms with E-state index >= 15 is 0 Å². The van der Waals surface area contributed by atoms with Gasteiger partial charge in [0.05, 0.1) is 6.04 Å². The van der Waals surface area contributed by atoms with Gasteiger partial charge in [-0.05, 0) is 18.4 Å². The van der Waals surface area contributed by atoms with Crippen LogP contribution in [0.15, 0.2) is 21.7 Å². The quantitative estimate of drug-likeness (QED) is 0.610. The van der Waals surface area contributed by atoms with Crippen LogP contribution in [0.5, 0.6) is 0 Å². The first-order valence-corrected chi connectivity index (χ1v) is 9.62. The molecular weight excluding hydrogens is 360 g/mol. The zero-order chi connectivity index (χ0) is 16.0. The molecule has 7 nitrogen and oxygen atoms in total. The highest BCUT2D eigenvalue weighted by Crippen LogP contribution is 2.15. The molecule has 1 atom stereocenters. The normalized spacial score (nSPS) is 17.3. The average Bonchev–Trinajstić information content (AvgIpc) is 3.03. The van der Waals surface area contributed by atoms with Gasteiger partial charge in [0.2, 0.25) is 5.91 Å². The maximum atomic E-state index is 12.0. The lowest BCUT2D eigenvalue weighted by Gasteiger charge is -2.27. The molecule has 132 valence electrons. The molecule has 2 heterocycles. The Labute approximate surface area is 147 Å². The Kier molecular flexibility index (Phi) is 8.45. The molecule has 1 fully saturated rings. The summed E-state index contributed by atoms with van der Waals surface area (Å²) in [6.07, 6.45) is 0. The van der Waals surface area contributed by atoms with Gasteiger partial charge in [-0.25, -0.2) is 8.42 Å². The lowest BCUT2D eigenvalue weighted by molar-refractivity contribution is -0.122. The number of halogens is 1. The second-order valence-corrected chi connectivity index (χ2v) is 8.05. The number of carbonyl (C=O) groups is 1. The third-order valence-corrected chi connectivity index (χ3v) is 6.36. The van der Waals surface area contributed by atoms with E-state index in [1.54, 1.807) is 18.4 Å². The summed E-state index contributed by atoms with van der Waals surface area (Å²) in [5, 5.41) is 7.73. The lowest BCUT2D eigenvalue weighted by atomic mass is 10.3. The summed E-state index contributed by atoms with van der Waals surface area (Å²) < 4.78 is 26.7. The zero-order valence-corrected chi connectivity index (χ0v) is 15.4. The smallest absolute Gasteiger partial charge is 0.250 e. The fourth-order valence-corrected chi connectivity index (χ4v) is 4.40. The van der Waals surface area contributed by atoms with Crippen LogP contribution in [0.3, 0.4) is 0 Å². The Morgan fingerprint density at radius 1 is 1.43 bits per heavy atom. The predicted molar refractivity (Wildman–Crippen MR) is 93.7 cm³/mol. The number of piperazine rings is 1. The summed E-state index contributed by atoms with van der Waals surface area (Å²) in [6.45, 7) is 6.70. The minimum Gasteiger partial charge on any atom is -0.353 e. The van der Waals surface area contributed by atoms with Gasteiger partial charge in [0.25, 0.3) is 10.0 Å². The highest BCUT2D eigenvalue weighted by Gasteiger charge is 2.22. The molecule has 0 bridgehead atoms. The molecule has 1 aliphatic heterocycles. The van der Waals surface area contributed by atoms with Crippen LogP contribution >= 0.6 is 23.7 Å². The molecule has 1 aliphatic rings. The highest BCUT2D eigenvalue weighted by molar-refractivity contribution is 7.91. The Balaban J connectivity index is 0.00000264. The predicted octanol–water partition coefficient (Wildman–Crippen LogP) is -0.142. The van der Waals surface area contributed by atoms with Gasteiger partial charge in [-0.3, -0.25) is 9.69 Å². The monoisotopic (exact) mass is 382 g/mol. The van der Waals surface area contributed by atoms with Gasteiger partial charge in [-0.15, -0.1) is 23.7 Å². The summed E-state index contributed by atoms with van der Waals surface area (Å²) >= 11 is 1.13. The molecule has 1 unspecified atom stereocenters. The van der Waals surface area contributed by atoms with E-state index in [4.69, 9.17) is 0 Å². The fourth-order valence-electron chi connectivity index (χ4n) is 2.19. The Bertz CT molecular complexity index is 574. The number of hydrogen-bond acceptors (Lipinski definition) is 6. The van der Waals surface area contributed by atoms with Crippen molar-refractivity contribution in [1.82, 2.24) is 20.3 Å². The summed E-state index contributed by atoms with van der Waals surface area (Å²) in [5.74, 6) is -0.310. The van der Waals surface area contributed by atoms with Gasteiger partial charge in [0.1, 0.15) is 4.21 Å². The standard InChI is InChI=1S/C13H22N4O3S2.ClH/c1-11(16-22(19,20)12-3-2-10-21-12)13(18)15-6-9-17-7-4-14-5-8-17;/h2-3,10-11,14,16H,4-9H2,1H3,(H,15,18);1H. The van der Waals surface area contributed by atoms with Crippen molar-refractivity contribution < 1.29 is 13.2 Å². The number of hydrogen-bond donors (Lipinski definition) is 3. The lowest BCUT2D eigenvalue weighted by Crippen LogP contribution is -2.49. The van der Waals surface area contributed by atoms with Crippen LogP contribution in [0.25, 0.3) is 0 Å². The molecule has 0 aliphatic carbocycles. The molecule has 10 heteroatoms. The summed E-state index contributed by atoms with van der Waals surface area (Å²) in [5.41, 5.74) is 0. The van der Waals surface area contributed by atoms with Crippen molar-refractivity contribution in [1.29, 1.82) is 0 Å². The first-order valence-electron chi connectivity index (χ1n) is 7.25. The number of sulfonamides is 1. The summed E-state index contributed by atoms with van der Waals surface area (Å²) in [7, 11) is -3.62. The van der Waals surface area contributed by atoms with Crippen molar-refractivity contribution in [3.05, 3.63) is 17.5 Å². The topological polar surface area (TPSA) is 90.5 Å². The van der Waals surface area contributed by atoms with Crippen molar-refractivity contribution in [3.8, 4) is 0 Å². The van der Waals surface area contributed by atoms with Crippen LogP contribution in [0.4, 0.5) is 0 Å². The Morgan fingerprint density at radius 3 is 2.74 bits per heavy atom. The molecule has 1 amide bonds. The van der Waals surface area contributed by atoms with E-state index in [1.807, 2.05) is 0 Å². The first-order chi connectivity index (χ1) is 10.5. The minimum atomic E-state index is -3.62. The molecule has 0 saturated carbocycles. The van der Waals surface area contributed by atoms with Crippen LogP contribution in [0.2, 0.25) is 0 Å². The van der Waals surface area contributed by atoms with E-state index in [-0.39, 0.29) is 22.5 Å². The van der Waals surface area contributed by atoms with Crippen molar-refractivity contribution >= 4 is 39.7 Å². The summed E-state index contributed by atoms with van der Waals surface area (Å²) in [6, 6.07) is 2.38. The molecule has 1 saturated heterocycles. The second kappa shape index (κ2) is 9.55. The van der Waals surface area contributed by atoms with E-state index in [9.17, 15) is 13.2 Å². The van der Waals surface area contributed by atoms with E-state index in [0.717, 1.165) is 44.1 Å². The van der Waals surface area contributed by atoms with Crippen LogP contribution < -0.4 is 15.4 Å². The molecule has 23 heavy (non-hydrogen) atoms. The van der Waals surface area contributed by atoms with Crippen molar-refractivity contribution in [2.24, 2.45) is 0 Å². The van der Waals surface area contributed by atoms with Crippen molar-refractivity contribution in [2.75, 3.05) is 39.3 Å². The molecular formula is C13H23ClN4O3S2. The van der Waals surface area contributed by atoms with E-state index in [2.05, 4.69) is 20.3 Å². The third-order valence-electron chi connectivity index (χ3n) is 3.42. The maximum absolute atomic E-state index is 12.0. The van der Waals surface area contributed by atoms with Crippen LogP contribution in [0.1, 0.15) is 6.92 Å². The minimum absolute atomic E-state index is 0. The number of carbonyl (C=O) groups excluding carboxylic acids is 1. The number of rotatable bonds is 7. The number of nitrogens with one attached hydrogen (secondary N) is 3. The van der Waals surface area contributed by atoms with Gasteiger partial charge in [0.15, 0.2) is 0 Å². The Hall–Kier alpha value is -0.710. The van der Waals surface area contributed by atoms with E-state index in [1.165, 1.54) is 6.07 Å². The van der Waals surface area contributed by atoms with Crippen molar-refractivity contribution in [3.63, 3.8) is 0 Å². The van der Waals surface area contributed by atoms with Gasteiger partial charge in [0, 0.05) is 39.3 Å². The summed E-state index contributed by atoms with van der Waals surface area (Å²) in [4.78, 5) is 14.2. The van der Waals surface area contributed by atoms with Crippen molar-refractivity contribution in [2.45, 2.75) is 17.2 Å². The van der Waals surface area contributed by atoms with Gasteiger partial charge < -0.3 is 10.6 Å². The maximum Gasteiger partial charge on any atom is 0.250 e. The van der Waals surface area contributed by atoms with E-state index < -0.39 is 16.1 Å². The van der Waals surface area contributed by atoms with Gasteiger partial charge in [-0.1, -0.05) is 6.07 Å². The van der Waals surface area contributed by atoms with Crippen LogP contribution in [-0.4, -0.2) is 64.5 Å². The zero-order valence-electron chi connectivity index (χ0n) is 12.9. The SMILES string of the molecule is CC(NS(=O)(=O)c1cccs1)C(=O)NCCN1CCNCC1.Cl. The van der Waals surface area contributed by atoms with E-state index in [0.29, 0.717) is 6.54 Å². The largest absolute Gasteiger partial charge is 0.353 e. The average molecular weight is 383 g/mol. The molecule has 1 aromatic heterocycles. The van der Waals surface area contributed by atoms with Gasteiger partial charge >= 0.3 is 0 Å². The Morgan fingerprint density at radius 2 is 2.13 bits per heavy atom. The highest BCUT2D eigenvalue weighted by atomic mass is 35.5. The third kappa shape index (κ3) is 6.36. The molecule has 1 aromatic rings. The number of thiophene rings is 1. The molecule has 2 rings (SSSR count). The first kappa shape index (κ1) is 20.3. The molecule has 0 spiro atoms. The molecule has 3 N–H and O–H groups in total. The number of amides is 1. The second-order valence-electron chi connectivity index (χ2n) is 5.16. The fraction of sp³-hybridized carbons (Fsp3) is 0.615. The van der Waals surface area contributed by atoms with Gasteiger partial charge in [-0.2, -0.15) is 4.72 Å². The van der Waals surface area contributed by atoms with Crippen LogP contribution in [-0.2, 0) is 14.8 Å². The molecule has 0 radical (unpaired) electrons. The number of nitrogens with zero attached hydrogens (tertiary/aromatic N) is 1. The molecule has 0 aromatic carbocycles.